The number of fused-ring (bicyclic) bond motifs is 1. The van der Waals surface area contributed by atoms with Gasteiger partial charge in [-0.05, 0) is 31.7 Å². The van der Waals surface area contributed by atoms with Crippen molar-refractivity contribution in [3.63, 3.8) is 0 Å². The van der Waals surface area contributed by atoms with Crippen LogP contribution in [0.5, 0.6) is 5.75 Å². The second-order valence-electron chi connectivity index (χ2n) is 5.26. The molecular formula is C15H20N2O5. The summed E-state index contributed by atoms with van der Waals surface area (Å²) in [5, 5.41) is 19.0. The number of carbonyl (C=O) groups excluding carboxylic acids is 1. The van der Waals surface area contributed by atoms with Gasteiger partial charge in [0.1, 0.15) is 5.75 Å². The van der Waals surface area contributed by atoms with Crippen LogP contribution >= 0.6 is 0 Å². The van der Waals surface area contributed by atoms with Gasteiger partial charge in [-0.1, -0.05) is 6.07 Å². The Labute approximate surface area is 128 Å². The molecule has 0 radical (unpaired) electrons. The van der Waals surface area contributed by atoms with E-state index in [9.17, 15) is 14.7 Å². The maximum absolute atomic E-state index is 11.8. The van der Waals surface area contributed by atoms with E-state index < -0.39 is 12.1 Å². The molecule has 1 amide bonds. The van der Waals surface area contributed by atoms with Gasteiger partial charge in [-0.15, -0.1) is 0 Å². The number of aliphatic hydroxyl groups is 1. The van der Waals surface area contributed by atoms with Gasteiger partial charge in [0.25, 0.3) is 5.91 Å². The number of aliphatic carboxylic acids is 1. The molecule has 0 aliphatic carbocycles. The lowest BCUT2D eigenvalue weighted by molar-refractivity contribution is -0.138. The van der Waals surface area contributed by atoms with Crippen LogP contribution in [0.3, 0.4) is 0 Å². The molecule has 0 spiro atoms. The molecule has 2 rings (SSSR count). The lowest BCUT2D eigenvalue weighted by Gasteiger charge is -2.29. The van der Waals surface area contributed by atoms with Crippen LogP contribution in [0.2, 0.25) is 0 Å². The van der Waals surface area contributed by atoms with E-state index in [-0.39, 0.29) is 25.6 Å². The molecule has 0 fully saturated rings. The van der Waals surface area contributed by atoms with Gasteiger partial charge in [-0.2, -0.15) is 0 Å². The summed E-state index contributed by atoms with van der Waals surface area (Å²) in [5.74, 6) is -0.461. The second kappa shape index (κ2) is 6.76. The van der Waals surface area contributed by atoms with Gasteiger partial charge in [-0.25, -0.2) is 0 Å². The maximum atomic E-state index is 11.8. The smallest absolute Gasteiger partial charge is 0.317 e. The van der Waals surface area contributed by atoms with E-state index in [0.717, 1.165) is 0 Å². The predicted molar refractivity (Wildman–Crippen MR) is 80.1 cm³/mol. The van der Waals surface area contributed by atoms with Gasteiger partial charge in [0.2, 0.25) is 0 Å². The van der Waals surface area contributed by atoms with E-state index in [1.54, 1.807) is 30.1 Å². The van der Waals surface area contributed by atoms with Gasteiger partial charge < -0.3 is 19.8 Å². The van der Waals surface area contributed by atoms with Gasteiger partial charge in [0.05, 0.1) is 18.3 Å². The number of ether oxygens (including phenoxy) is 1. The Bertz CT molecular complexity index is 575. The van der Waals surface area contributed by atoms with Crippen LogP contribution in [-0.4, -0.2) is 60.3 Å². The van der Waals surface area contributed by atoms with Crippen molar-refractivity contribution in [3.05, 3.63) is 23.8 Å². The third kappa shape index (κ3) is 3.55. The number of hydrogen-bond acceptors (Lipinski definition) is 5. The first-order chi connectivity index (χ1) is 10.4. The van der Waals surface area contributed by atoms with Crippen LogP contribution in [0.1, 0.15) is 18.6 Å². The van der Waals surface area contributed by atoms with Crippen LogP contribution in [0.15, 0.2) is 18.2 Å². The van der Waals surface area contributed by atoms with Crippen molar-refractivity contribution in [3.8, 4) is 5.75 Å². The number of benzene rings is 1. The topological polar surface area (TPSA) is 90.3 Å². The molecule has 0 aromatic heterocycles. The van der Waals surface area contributed by atoms with Crippen LogP contribution in [-0.2, 0) is 9.59 Å². The first-order valence-electron chi connectivity index (χ1n) is 7.08. The molecule has 1 aromatic carbocycles. The molecule has 120 valence electrons. The molecule has 1 atom stereocenters. The van der Waals surface area contributed by atoms with Crippen LogP contribution in [0.25, 0.3) is 0 Å². The highest BCUT2D eigenvalue weighted by molar-refractivity contribution is 5.97. The fourth-order valence-corrected chi connectivity index (χ4v) is 2.47. The monoisotopic (exact) mass is 308 g/mol. The van der Waals surface area contributed by atoms with Gasteiger partial charge in [-0.3, -0.25) is 14.5 Å². The Hall–Kier alpha value is -2.12. The number of likely N-dealkylation sites (N-methyl/N-ethyl adjacent to an activating group) is 2. The minimum Gasteiger partial charge on any atom is -0.482 e. The number of anilines is 1. The predicted octanol–water partition coefficient (Wildman–Crippen LogP) is 0.482. The summed E-state index contributed by atoms with van der Waals surface area (Å²) in [6.07, 6.45) is -0.842. The van der Waals surface area contributed by atoms with Crippen LogP contribution in [0.4, 0.5) is 5.69 Å². The molecule has 0 saturated carbocycles. The van der Waals surface area contributed by atoms with E-state index in [1.807, 2.05) is 6.92 Å². The summed E-state index contributed by atoms with van der Waals surface area (Å²) < 4.78 is 5.38. The lowest BCUT2D eigenvalue weighted by atomic mass is 10.1. The highest BCUT2D eigenvalue weighted by atomic mass is 16.5. The summed E-state index contributed by atoms with van der Waals surface area (Å²) >= 11 is 0. The number of carbonyl (C=O) groups is 2. The summed E-state index contributed by atoms with van der Waals surface area (Å²) in [4.78, 5) is 25.6. The minimum absolute atomic E-state index is 0.0179. The highest BCUT2D eigenvalue weighted by Gasteiger charge is 2.25. The Morgan fingerprint density at radius 1 is 1.50 bits per heavy atom. The molecule has 0 bridgehead atoms. The van der Waals surface area contributed by atoms with Crippen molar-refractivity contribution in [1.29, 1.82) is 0 Å². The molecule has 0 saturated heterocycles. The Balaban J connectivity index is 2.17. The van der Waals surface area contributed by atoms with Crippen molar-refractivity contribution >= 4 is 17.6 Å². The standard InChI is InChI=1S/C15H20N2O5/c1-3-17-11-6-10(4-5-13(11)22-9-14(17)19)12(18)7-16(2)8-15(20)21/h4-6,12,18H,3,7-9H2,1-2H3,(H,20,21). The molecule has 1 heterocycles. The molecule has 7 nitrogen and oxygen atoms in total. The van der Waals surface area contributed by atoms with E-state index in [0.29, 0.717) is 23.5 Å². The summed E-state index contributed by atoms with van der Waals surface area (Å²) in [6.45, 7) is 2.45. The van der Waals surface area contributed by atoms with Crippen molar-refractivity contribution in [2.45, 2.75) is 13.0 Å². The molecule has 2 N–H and O–H groups in total. The van der Waals surface area contributed by atoms with Gasteiger partial charge in [0, 0.05) is 13.1 Å². The largest absolute Gasteiger partial charge is 0.482 e. The number of carboxylic acids is 1. The first kappa shape index (κ1) is 16.3. The molecule has 7 heteroatoms. The Morgan fingerprint density at radius 3 is 2.86 bits per heavy atom. The highest BCUT2D eigenvalue weighted by Crippen LogP contribution is 2.34. The first-order valence-corrected chi connectivity index (χ1v) is 7.08. The molecule has 1 unspecified atom stereocenters. The second-order valence-corrected chi connectivity index (χ2v) is 5.26. The fourth-order valence-electron chi connectivity index (χ4n) is 2.47. The van der Waals surface area contributed by atoms with Crippen molar-refractivity contribution < 1.29 is 24.5 Å². The maximum Gasteiger partial charge on any atom is 0.317 e. The normalized spacial score (nSPS) is 15.5. The number of carboxylic acid groups (broad SMARTS) is 1. The quantitative estimate of drug-likeness (QED) is 0.794. The number of hydrogen-bond donors (Lipinski definition) is 2. The number of nitrogens with zero attached hydrogens (tertiary/aromatic N) is 2. The zero-order valence-corrected chi connectivity index (χ0v) is 12.7. The minimum atomic E-state index is -0.948. The fraction of sp³-hybridized carbons (Fsp3) is 0.467. The zero-order chi connectivity index (χ0) is 16.3. The summed E-state index contributed by atoms with van der Waals surface area (Å²) in [7, 11) is 1.63. The van der Waals surface area contributed by atoms with Crippen molar-refractivity contribution in [2.75, 3.05) is 38.2 Å². The number of rotatable bonds is 6. The van der Waals surface area contributed by atoms with E-state index in [2.05, 4.69) is 0 Å². The van der Waals surface area contributed by atoms with E-state index in [4.69, 9.17) is 9.84 Å². The number of amides is 1. The summed E-state index contributed by atoms with van der Waals surface area (Å²) in [5.41, 5.74) is 1.25. The molecule has 1 aliphatic rings. The molecule has 1 aromatic rings. The zero-order valence-electron chi connectivity index (χ0n) is 12.7. The molecular weight excluding hydrogens is 288 g/mol. The van der Waals surface area contributed by atoms with Crippen LogP contribution in [0, 0.1) is 0 Å². The summed E-state index contributed by atoms with van der Waals surface area (Å²) in [6, 6.07) is 5.16. The Morgan fingerprint density at radius 2 is 2.23 bits per heavy atom. The van der Waals surface area contributed by atoms with Crippen LogP contribution < -0.4 is 9.64 Å². The third-order valence-corrected chi connectivity index (χ3v) is 3.52. The van der Waals surface area contributed by atoms with Gasteiger partial charge in [0.15, 0.2) is 6.61 Å². The third-order valence-electron chi connectivity index (χ3n) is 3.52. The van der Waals surface area contributed by atoms with Gasteiger partial charge >= 0.3 is 5.97 Å². The SMILES string of the molecule is CCN1C(=O)COc2ccc(C(O)CN(C)CC(=O)O)cc21. The average molecular weight is 308 g/mol. The Kier molecular flexibility index (Phi) is 4.99. The van der Waals surface area contributed by atoms with Crippen molar-refractivity contribution in [2.24, 2.45) is 0 Å². The molecule has 1 aliphatic heterocycles. The molecule has 22 heavy (non-hydrogen) atoms. The van der Waals surface area contributed by atoms with E-state index in [1.165, 1.54) is 4.90 Å². The average Bonchev–Trinajstić information content (AvgIpc) is 2.45. The lowest BCUT2D eigenvalue weighted by Crippen LogP contribution is -2.38. The number of aliphatic hydroxyl groups excluding tert-OH is 1. The van der Waals surface area contributed by atoms with Crippen molar-refractivity contribution in [1.82, 2.24) is 4.90 Å². The van der Waals surface area contributed by atoms with E-state index >= 15 is 0 Å².